The standard InChI is InChI=1S/C21H26N6S/c22-19-25-20(23)27(21(26-19)12-3-1-4-13-21)17-7-9-18(10-8-17)28-15-11-16-6-2-5-14-24-16/h2,5-10,14H,1,3-4,11-13,15H2,(H4,22,23,25,26). The van der Waals surface area contributed by atoms with Crippen LogP contribution in [-0.2, 0) is 6.42 Å². The van der Waals surface area contributed by atoms with Gasteiger partial charge in [0.05, 0.1) is 0 Å². The van der Waals surface area contributed by atoms with Crippen molar-refractivity contribution in [1.29, 1.82) is 0 Å². The van der Waals surface area contributed by atoms with E-state index >= 15 is 0 Å². The molecule has 1 aliphatic carbocycles. The fourth-order valence-electron chi connectivity index (χ4n) is 4.01. The van der Waals surface area contributed by atoms with Crippen LogP contribution in [0.3, 0.4) is 0 Å². The van der Waals surface area contributed by atoms with Gasteiger partial charge < -0.3 is 11.5 Å². The van der Waals surface area contributed by atoms with Crippen molar-refractivity contribution < 1.29 is 0 Å². The van der Waals surface area contributed by atoms with Crippen molar-refractivity contribution in [3.8, 4) is 0 Å². The lowest BCUT2D eigenvalue weighted by atomic mass is 9.87. The second-order valence-electron chi connectivity index (χ2n) is 7.23. The maximum atomic E-state index is 6.29. The molecule has 1 spiro atoms. The summed E-state index contributed by atoms with van der Waals surface area (Å²) in [5, 5.41) is 0. The van der Waals surface area contributed by atoms with Gasteiger partial charge in [-0.3, -0.25) is 9.88 Å². The SMILES string of the molecule is NC1=NC2(CCCCC2)N(c2ccc(SCCc3ccccn3)cc2)C(N)=N1. The number of nitrogens with zero attached hydrogens (tertiary/aromatic N) is 4. The van der Waals surface area contributed by atoms with Gasteiger partial charge in [0.2, 0.25) is 11.9 Å². The molecule has 28 heavy (non-hydrogen) atoms. The number of rotatable bonds is 5. The quantitative estimate of drug-likeness (QED) is 0.757. The van der Waals surface area contributed by atoms with Crippen molar-refractivity contribution in [2.75, 3.05) is 10.7 Å². The number of benzene rings is 1. The summed E-state index contributed by atoms with van der Waals surface area (Å²) >= 11 is 1.83. The van der Waals surface area contributed by atoms with Crippen LogP contribution in [0.1, 0.15) is 37.8 Å². The summed E-state index contributed by atoms with van der Waals surface area (Å²) in [7, 11) is 0. The van der Waals surface area contributed by atoms with E-state index in [1.807, 2.05) is 30.1 Å². The lowest BCUT2D eigenvalue weighted by Gasteiger charge is -2.45. The zero-order chi connectivity index (χ0) is 19.4. The number of nitrogens with two attached hydrogens (primary N) is 2. The summed E-state index contributed by atoms with van der Waals surface area (Å²) < 4.78 is 0. The molecule has 4 rings (SSSR count). The van der Waals surface area contributed by atoms with Gasteiger partial charge in [0.25, 0.3) is 0 Å². The molecule has 1 fully saturated rings. The van der Waals surface area contributed by atoms with Crippen LogP contribution in [0.15, 0.2) is 63.5 Å². The molecule has 2 aromatic rings. The average Bonchev–Trinajstić information content (AvgIpc) is 2.70. The van der Waals surface area contributed by atoms with E-state index in [1.54, 1.807) is 0 Å². The van der Waals surface area contributed by atoms with Crippen molar-refractivity contribution >= 4 is 29.4 Å². The Morgan fingerprint density at radius 1 is 1.00 bits per heavy atom. The molecule has 1 aromatic heterocycles. The Morgan fingerprint density at radius 2 is 1.79 bits per heavy atom. The van der Waals surface area contributed by atoms with E-state index in [4.69, 9.17) is 16.5 Å². The molecule has 0 amide bonds. The first-order chi connectivity index (χ1) is 13.7. The summed E-state index contributed by atoms with van der Waals surface area (Å²) in [6.07, 6.45) is 8.18. The number of aliphatic imine (C=N–C) groups is 2. The molecule has 7 heteroatoms. The number of hydrogen-bond acceptors (Lipinski definition) is 7. The second-order valence-corrected chi connectivity index (χ2v) is 8.40. The lowest BCUT2D eigenvalue weighted by molar-refractivity contribution is 0.305. The Balaban J connectivity index is 1.47. The number of hydrogen-bond donors (Lipinski definition) is 2. The van der Waals surface area contributed by atoms with Crippen LogP contribution < -0.4 is 16.4 Å². The summed E-state index contributed by atoms with van der Waals surface area (Å²) in [5.41, 5.74) is 14.0. The van der Waals surface area contributed by atoms with Gasteiger partial charge >= 0.3 is 0 Å². The number of aromatic nitrogens is 1. The Morgan fingerprint density at radius 3 is 2.50 bits per heavy atom. The van der Waals surface area contributed by atoms with E-state index in [0.717, 1.165) is 49.2 Å². The number of thioether (sulfide) groups is 1. The van der Waals surface area contributed by atoms with Gasteiger partial charge in [-0.05, 0) is 68.5 Å². The van der Waals surface area contributed by atoms with Crippen molar-refractivity contribution in [2.45, 2.75) is 49.1 Å². The number of guanidine groups is 2. The highest BCUT2D eigenvalue weighted by atomic mass is 32.2. The van der Waals surface area contributed by atoms with Gasteiger partial charge in [0, 0.05) is 28.2 Å². The van der Waals surface area contributed by atoms with Crippen LogP contribution in [0.5, 0.6) is 0 Å². The third kappa shape index (κ3) is 3.99. The van der Waals surface area contributed by atoms with Crippen LogP contribution in [0.25, 0.3) is 0 Å². The minimum absolute atomic E-state index is 0.289. The highest BCUT2D eigenvalue weighted by molar-refractivity contribution is 7.99. The predicted molar refractivity (Wildman–Crippen MR) is 117 cm³/mol. The Kier molecular flexibility index (Phi) is 5.52. The molecular formula is C21H26N6S. The molecule has 1 aliphatic heterocycles. The van der Waals surface area contributed by atoms with Crippen molar-refractivity contribution in [3.63, 3.8) is 0 Å². The molecule has 1 saturated carbocycles. The molecular weight excluding hydrogens is 368 g/mol. The third-order valence-corrected chi connectivity index (χ3v) is 6.31. The maximum absolute atomic E-state index is 6.29. The minimum Gasteiger partial charge on any atom is -0.369 e. The highest BCUT2D eigenvalue weighted by Gasteiger charge is 2.42. The van der Waals surface area contributed by atoms with Gasteiger partial charge in [-0.15, -0.1) is 11.8 Å². The molecule has 4 N–H and O–H groups in total. The van der Waals surface area contributed by atoms with Crippen LogP contribution in [0.2, 0.25) is 0 Å². The zero-order valence-electron chi connectivity index (χ0n) is 15.9. The normalized spacial score (nSPS) is 18.6. The molecule has 1 aromatic carbocycles. The number of pyridine rings is 1. The first kappa shape index (κ1) is 18.8. The monoisotopic (exact) mass is 394 g/mol. The fourth-order valence-corrected chi connectivity index (χ4v) is 4.88. The van der Waals surface area contributed by atoms with E-state index in [0.29, 0.717) is 5.96 Å². The summed E-state index contributed by atoms with van der Waals surface area (Å²) in [6.45, 7) is 0. The molecule has 0 radical (unpaired) electrons. The van der Waals surface area contributed by atoms with Gasteiger partial charge in [0.15, 0.2) is 0 Å². The summed E-state index contributed by atoms with van der Waals surface area (Å²) in [6, 6.07) is 14.5. The Bertz CT molecular complexity index is 856. The van der Waals surface area contributed by atoms with Crippen LogP contribution in [0, 0.1) is 0 Å². The first-order valence-electron chi connectivity index (χ1n) is 9.79. The third-order valence-electron chi connectivity index (χ3n) is 5.30. The molecule has 0 unspecified atom stereocenters. The number of anilines is 1. The molecule has 2 aliphatic rings. The van der Waals surface area contributed by atoms with Gasteiger partial charge in [0.1, 0.15) is 5.66 Å². The highest BCUT2D eigenvalue weighted by Crippen LogP contribution is 2.39. The van der Waals surface area contributed by atoms with Gasteiger partial charge in [-0.25, -0.2) is 4.99 Å². The van der Waals surface area contributed by atoms with Crippen molar-refractivity contribution in [1.82, 2.24) is 4.98 Å². The Labute approximate surface area is 170 Å². The largest absolute Gasteiger partial charge is 0.369 e. The van der Waals surface area contributed by atoms with Crippen LogP contribution in [-0.4, -0.2) is 28.3 Å². The topological polar surface area (TPSA) is 92.9 Å². The van der Waals surface area contributed by atoms with Crippen LogP contribution >= 0.6 is 11.8 Å². The predicted octanol–water partition coefficient (Wildman–Crippen LogP) is 3.53. The second kappa shape index (κ2) is 8.22. The molecule has 0 bridgehead atoms. The Hall–Kier alpha value is -2.54. The van der Waals surface area contributed by atoms with Crippen molar-refractivity contribution in [3.05, 3.63) is 54.4 Å². The molecule has 2 heterocycles. The molecule has 6 nitrogen and oxygen atoms in total. The van der Waals surface area contributed by atoms with Gasteiger partial charge in [-0.2, -0.15) is 4.99 Å². The minimum atomic E-state index is -0.387. The number of aryl methyl sites for hydroxylation is 1. The molecule has 0 atom stereocenters. The summed E-state index contributed by atoms with van der Waals surface area (Å²) in [4.78, 5) is 16.6. The van der Waals surface area contributed by atoms with E-state index < -0.39 is 0 Å². The van der Waals surface area contributed by atoms with Gasteiger partial charge in [-0.1, -0.05) is 12.5 Å². The first-order valence-corrected chi connectivity index (χ1v) is 10.8. The smallest absolute Gasteiger partial charge is 0.220 e. The summed E-state index contributed by atoms with van der Waals surface area (Å²) in [5.74, 6) is 1.72. The van der Waals surface area contributed by atoms with Crippen LogP contribution in [0.4, 0.5) is 5.69 Å². The van der Waals surface area contributed by atoms with Crippen molar-refractivity contribution in [2.24, 2.45) is 21.5 Å². The van der Waals surface area contributed by atoms with E-state index in [9.17, 15) is 0 Å². The zero-order valence-corrected chi connectivity index (χ0v) is 16.7. The molecule has 0 saturated heterocycles. The maximum Gasteiger partial charge on any atom is 0.220 e. The average molecular weight is 395 g/mol. The van der Waals surface area contributed by atoms with E-state index in [1.165, 1.54) is 11.3 Å². The molecule has 146 valence electrons. The van der Waals surface area contributed by atoms with E-state index in [-0.39, 0.29) is 11.6 Å². The fraction of sp³-hybridized carbons (Fsp3) is 0.381. The van der Waals surface area contributed by atoms with E-state index in [2.05, 4.69) is 45.2 Å². The lowest BCUT2D eigenvalue weighted by Crippen LogP contribution is -2.58.